The van der Waals surface area contributed by atoms with Crippen molar-refractivity contribution in [2.75, 3.05) is 31.1 Å². The molecule has 0 saturated carbocycles. The number of nitrogens with one attached hydrogen (secondary N) is 1. The van der Waals surface area contributed by atoms with Gasteiger partial charge in [0.05, 0.1) is 11.4 Å². The van der Waals surface area contributed by atoms with Gasteiger partial charge in [0.15, 0.2) is 5.13 Å². The van der Waals surface area contributed by atoms with Crippen LogP contribution in [0.3, 0.4) is 0 Å². The van der Waals surface area contributed by atoms with Crippen molar-refractivity contribution >= 4 is 40.0 Å². The van der Waals surface area contributed by atoms with Crippen LogP contribution in [0.4, 0.5) is 15.2 Å². The molecule has 1 saturated heterocycles. The van der Waals surface area contributed by atoms with Crippen LogP contribution < -0.4 is 10.2 Å². The third-order valence-electron chi connectivity index (χ3n) is 5.16. The molecule has 1 aromatic heterocycles. The standard InChI is InChI=1S/C23H29FN4O2S/c1-17(15-27-12-6-3-7-13-27)14-25-22(30)11-10-19-16-31-23(26-19)28(18(2)29)21-9-5-4-8-20(21)24/h4-5,8-11,16-17H,3,6-7,12-15H2,1-2H3,(H,25,30)/b11-10+. The molecule has 1 fully saturated rings. The minimum atomic E-state index is -0.497. The number of anilines is 2. The first-order valence-corrected chi connectivity index (χ1v) is 11.5. The third kappa shape index (κ3) is 6.70. The molecule has 31 heavy (non-hydrogen) atoms. The van der Waals surface area contributed by atoms with Crippen molar-refractivity contribution in [3.63, 3.8) is 0 Å². The van der Waals surface area contributed by atoms with Crippen LogP contribution in [0.1, 0.15) is 38.8 Å². The summed E-state index contributed by atoms with van der Waals surface area (Å²) in [5.74, 6) is -0.637. The monoisotopic (exact) mass is 444 g/mol. The Morgan fingerprint density at radius 2 is 2.03 bits per heavy atom. The zero-order valence-electron chi connectivity index (χ0n) is 18.0. The van der Waals surface area contributed by atoms with Crippen LogP contribution in [0, 0.1) is 11.7 Å². The lowest BCUT2D eigenvalue weighted by Crippen LogP contribution is -2.37. The third-order valence-corrected chi connectivity index (χ3v) is 6.00. The average Bonchev–Trinajstić information content (AvgIpc) is 3.21. The Hall–Kier alpha value is -2.58. The molecule has 2 aromatic rings. The molecule has 0 spiro atoms. The van der Waals surface area contributed by atoms with E-state index in [1.165, 1.54) is 60.6 Å². The molecule has 0 bridgehead atoms. The van der Waals surface area contributed by atoms with E-state index < -0.39 is 5.82 Å². The molecule has 0 aliphatic carbocycles. The first kappa shape index (κ1) is 23.1. The molecule has 1 unspecified atom stereocenters. The molecule has 3 rings (SSSR count). The molecule has 8 heteroatoms. The Morgan fingerprint density at radius 1 is 1.29 bits per heavy atom. The van der Waals surface area contributed by atoms with E-state index in [9.17, 15) is 14.0 Å². The van der Waals surface area contributed by atoms with Crippen molar-refractivity contribution in [2.24, 2.45) is 5.92 Å². The van der Waals surface area contributed by atoms with Crippen LogP contribution in [-0.2, 0) is 9.59 Å². The van der Waals surface area contributed by atoms with Crippen LogP contribution >= 0.6 is 11.3 Å². The quantitative estimate of drug-likeness (QED) is 0.619. The highest BCUT2D eigenvalue weighted by molar-refractivity contribution is 7.14. The van der Waals surface area contributed by atoms with Gasteiger partial charge in [0.25, 0.3) is 0 Å². The Kier molecular flexibility index (Phi) is 8.31. The predicted octanol–water partition coefficient (Wildman–Crippen LogP) is 4.22. The van der Waals surface area contributed by atoms with Gasteiger partial charge in [-0.1, -0.05) is 25.5 Å². The van der Waals surface area contributed by atoms with Gasteiger partial charge in [0.2, 0.25) is 11.8 Å². The second-order valence-electron chi connectivity index (χ2n) is 7.91. The van der Waals surface area contributed by atoms with Crippen molar-refractivity contribution < 1.29 is 14.0 Å². The molecule has 1 aliphatic rings. The molecule has 2 amide bonds. The molecular formula is C23H29FN4O2S. The van der Waals surface area contributed by atoms with Gasteiger partial charge in [0.1, 0.15) is 5.82 Å². The van der Waals surface area contributed by atoms with Gasteiger partial charge in [0, 0.05) is 31.5 Å². The molecule has 1 aliphatic heterocycles. The van der Waals surface area contributed by atoms with E-state index in [2.05, 4.69) is 22.1 Å². The number of piperidine rings is 1. The molecule has 166 valence electrons. The zero-order chi connectivity index (χ0) is 22.2. The lowest BCUT2D eigenvalue weighted by molar-refractivity contribution is -0.117. The second kappa shape index (κ2) is 11.2. The molecule has 0 radical (unpaired) electrons. The maximum Gasteiger partial charge on any atom is 0.244 e. The highest BCUT2D eigenvalue weighted by Gasteiger charge is 2.20. The van der Waals surface area contributed by atoms with Crippen molar-refractivity contribution in [1.29, 1.82) is 0 Å². The van der Waals surface area contributed by atoms with Crippen molar-refractivity contribution in [3.05, 3.63) is 47.2 Å². The van der Waals surface area contributed by atoms with Gasteiger partial charge in [-0.25, -0.2) is 9.37 Å². The molecule has 1 N–H and O–H groups in total. The number of rotatable bonds is 8. The number of nitrogens with zero attached hydrogens (tertiary/aromatic N) is 3. The van der Waals surface area contributed by atoms with Crippen LogP contribution in [0.5, 0.6) is 0 Å². The fourth-order valence-electron chi connectivity index (χ4n) is 3.64. The minimum Gasteiger partial charge on any atom is -0.352 e. The van der Waals surface area contributed by atoms with E-state index in [0.29, 0.717) is 23.3 Å². The predicted molar refractivity (Wildman–Crippen MR) is 123 cm³/mol. The maximum atomic E-state index is 14.2. The number of likely N-dealkylation sites (tertiary alicyclic amines) is 1. The second-order valence-corrected chi connectivity index (χ2v) is 8.74. The number of para-hydroxylation sites is 1. The average molecular weight is 445 g/mol. The fraction of sp³-hybridized carbons (Fsp3) is 0.435. The first-order valence-electron chi connectivity index (χ1n) is 10.6. The molecule has 1 aromatic carbocycles. The smallest absolute Gasteiger partial charge is 0.244 e. The van der Waals surface area contributed by atoms with Gasteiger partial charge in [-0.2, -0.15) is 0 Å². The molecular weight excluding hydrogens is 415 g/mol. The summed E-state index contributed by atoms with van der Waals surface area (Å²) < 4.78 is 14.2. The van der Waals surface area contributed by atoms with Crippen molar-refractivity contribution in [2.45, 2.75) is 33.1 Å². The number of aromatic nitrogens is 1. The number of hydrogen-bond donors (Lipinski definition) is 1. The zero-order valence-corrected chi connectivity index (χ0v) is 18.8. The molecule has 2 heterocycles. The Labute approximate surface area is 186 Å². The number of thiazole rings is 1. The summed E-state index contributed by atoms with van der Waals surface area (Å²) in [5.41, 5.74) is 0.694. The summed E-state index contributed by atoms with van der Waals surface area (Å²) in [6.45, 7) is 7.42. The number of halogens is 1. The van der Waals surface area contributed by atoms with Crippen LogP contribution in [0.2, 0.25) is 0 Å². The normalized spacial score (nSPS) is 15.7. The van der Waals surface area contributed by atoms with Crippen LogP contribution in [0.15, 0.2) is 35.7 Å². The topological polar surface area (TPSA) is 65.5 Å². The van der Waals surface area contributed by atoms with Gasteiger partial charge in [-0.05, 0) is 50.1 Å². The highest BCUT2D eigenvalue weighted by Crippen LogP contribution is 2.30. The van der Waals surface area contributed by atoms with E-state index in [-0.39, 0.29) is 17.5 Å². The van der Waals surface area contributed by atoms with Crippen LogP contribution in [0.25, 0.3) is 6.08 Å². The van der Waals surface area contributed by atoms with Crippen molar-refractivity contribution in [1.82, 2.24) is 15.2 Å². The minimum absolute atomic E-state index is 0.153. The SMILES string of the molecule is CC(=O)N(c1nc(/C=C/C(=O)NCC(C)CN2CCCCC2)cs1)c1ccccc1F. The molecule has 1 atom stereocenters. The largest absolute Gasteiger partial charge is 0.352 e. The summed E-state index contributed by atoms with van der Waals surface area (Å²) in [6, 6.07) is 6.07. The van der Waals surface area contributed by atoms with E-state index in [1.807, 2.05) is 0 Å². The fourth-order valence-corrected chi connectivity index (χ4v) is 4.49. The highest BCUT2D eigenvalue weighted by atomic mass is 32.1. The van der Waals surface area contributed by atoms with Gasteiger partial charge >= 0.3 is 0 Å². The summed E-state index contributed by atoms with van der Waals surface area (Å²) >= 11 is 1.22. The van der Waals surface area contributed by atoms with E-state index in [4.69, 9.17) is 0 Å². The number of amides is 2. The first-order chi connectivity index (χ1) is 14.9. The van der Waals surface area contributed by atoms with E-state index in [1.54, 1.807) is 23.6 Å². The Balaban J connectivity index is 1.55. The summed E-state index contributed by atoms with van der Waals surface area (Å²) in [5, 5.41) is 5.02. The number of benzene rings is 1. The van der Waals surface area contributed by atoms with Crippen molar-refractivity contribution in [3.8, 4) is 0 Å². The summed E-state index contributed by atoms with van der Waals surface area (Å²) in [4.78, 5) is 32.4. The number of carbonyl (C=O) groups is 2. The summed E-state index contributed by atoms with van der Waals surface area (Å²) in [7, 11) is 0. The van der Waals surface area contributed by atoms with E-state index in [0.717, 1.165) is 19.6 Å². The van der Waals surface area contributed by atoms with E-state index >= 15 is 0 Å². The number of hydrogen-bond acceptors (Lipinski definition) is 5. The maximum absolute atomic E-state index is 14.2. The molecule has 6 nitrogen and oxygen atoms in total. The van der Waals surface area contributed by atoms with Gasteiger partial charge < -0.3 is 10.2 Å². The Bertz CT molecular complexity index is 924. The van der Waals surface area contributed by atoms with Crippen LogP contribution in [-0.4, -0.2) is 47.9 Å². The van der Waals surface area contributed by atoms with Gasteiger partial charge in [-0.3, -0.25) is 14.5 Å². The summed E-state index contributed by atoms with van der Waals surface area (Å²) in [6.07, 6.45) is 6.87. The lowest BCUT2D eigenvalue weighted by Gasteiger charge is -2.29. The lowest BCUT2D eigenvalue weighted by atomic mass is 10.1. The van der Waals surface area contributed by atoms with Gasteiger partial charge in [-0.15, -0.1) is 11.3 Å². The number of carbonyl (C=O) groups excluding carboxylic acids is 2. The Morgan fingerprint density at radius 3 is 2.74 bits per heavy atom.